The van der Waals surface area contributed by atoms with Crippen molar-refractivity contribution >= 4 is 0 Å². The fourth-order valence-corrected chi connectivity index (χ4v) is 2.40. The van der Waals surface area contributed by atoms with Gasteiger partial charge in [-0.15, -0.1) is 0 Å². The second-order valence-electron chi connectivity index (χ2n) is 5.53. The molecule has 0 spiro atoms. The van der Waals surface area contributed by atoms with E-state index in [0.29, 0.717) is 12.1 Å². The van der Waals surface area contributed by atoms with Crippen molar-refractivity contribution in [2.45, 2.75) is 32.5 Å². The van der Waals surface area contributed by atoms with E-state index in [1.165, 1.54) is 5.56 Å². The number of benzene rings is 1. The minimum atomic E-state index is 0.320. The van der Waals surface area contributed by atoms with Crippen LogP contribution in [0, 0.1) is 0 Å². The first kappa shape index (κ1) is 14.5. The van der Waals surface area contributed by atoms with Crippen LogP contribution in [0.25, 0.3) is 5.69 Å². The molecule has 22 heavy (non-hydrogen) atoms. The van der Waals surface area contributed by atoms with E-state index < -0.39 is 0 Å². The van der Waals surface area contributed by atoms with Gasteiger partial charge in [-0.25, -0.2) is 4.98 Å². The van der Waals surface area contributed by atoms with E-state index in [2.05, 4.69) is 53.5 Å². The van der Waals surface area contributed by atoms with E-state index in [4.69, 9.17) is 0 Å². The van der Waals surface area contributed by atoms with Crippen molar-refractivity contribution < 1.29 is 0 Å². The number of nitrogens with one attached hydrogen (secondary N) is 1. The third kappa shape index (κ3) is 3.26. The average molecular weight is 295 g/mol. The fourth-order valence-electron chi connectivity index (χ4n) is 2.40. The number of imidazole rings is 1. The van der Waals surface area contributed by atoms with E-state index >= 15 is 0 Å². The molecule has 1 N–H and O–H groups in total. The molecule has 0 radical (unpaired) electrons. The topological polar surface area (TPSA) is 47.7 Å². The maximum absolute atomic E-state index is 4.30. The zero-order valence-corrected chi connectivity index (χ0v) is 12.9. The van der Waals surface area contributed by atoms with Crippen LogP contribution in [0.5, 0.6) is 0 Å². The lowest BCUT2D eigenvalue weighted by atomic mass is 10.1. The first-order valence-electron chi connectivity index (χ1n) is 7.54. The SMILES string of the molecule is C[C@@H](NCc1ccc(-n2ccnc2)cc1)[C@H](C)n1cccn1. The third-order valence-electron chi connectivity index (χ3n) is 4.03. The highest BCUT2D eigenvalue weighted by molar-refractivity contribution is 5.34. The highest BCUT2D eigenvalue weighted by atomic mass is 15.3. The van der Waals surface area contributed by atoms with Gasteiger partial charge in [0.15, 0.2) is 0 Å². The molecule has 2 aromatic heterocycles. The molecule has 0 amide bonds. The summed E-state index contributed by atoms with van der Waals surface area (Å²) in [6.07, 6.45) is 9.36. The smallest absolute Gasteiger partial charge is 0.0991 e. The molecule has 3 aromatic rings. The monoisotopic (exact) mass is 295 g/mol. The van der Waals surface area contributed by atoms with Crippen molar-refractivity contribution in [1.82, 2.24) is 24.6 Å². The van der Waals surface area contributed by atoms with Crippen molar-refractivity contribution in [3.8, 4) is 5.69 Å². The molecule has 0 saturated carbocycles. The molecule has 0 saturated heterocycles. The van der Waals surface area contributed by atoms with Crippen molar-refractivity contribution in [2.24, 2.45) is 0 Å². The molecular weight excluding hydrogens is 274 g/mol. The van der Waals surface area contributed by atoms with E-state index in [1.54, 1.807) is 12.5 Å². The Morgan fingerprint density at radius 3 is 2.55 bits per heavy atom. The van der Waals surface area contributed by atoms with Crippen LogP contribution >= 0.6 is 0 Å². The summed E-state index contributed by atoms with van der Waals surface area (Å²) >= 11 is 0. The second kappa shape index (κ2) is 6.58. The quantitative estimate of drug-likeness (QED) is 0.760. The summed E-state index contributed by atoms with van der Waals surface area (Å²) < 4.78 is 3.99. The Balaban J connectivity index is 1.57. The van der Waals surface area contributed by atoms with Gasteiger partial charge in [0, 0.05) is 43.1 Å². The first-order chi connectivity index (χ1) is 10.7. The molecule has 2 atom stereocenters. The molecule has 0 aliphatic carbocycles. The Morgan fingerprint density at radius 1 is 1.09 bits per heavy atom. The molecule has 5 heteroatoms. The van der Waals surface area contributed by atoms with Crippen LogP contribution in [0.3, 0.4) is 0 Å². The molecule has 0 fully saturated rings. The standard InChI is InChI=1S/C17H21N5/c1-14(15(2)22-10-3-8-20-22)19-12-16-4-6-17(7-5-16)21-11-9-18-13-21/h3-11,13-15,19H,12H2,1-2H3/t14-,15+/m1/s1. The molecule has 0 aliphatic heterocycles. The zero-order chi connectivity index (χ0) is 15.4. The Hall–Kier alpha value is -2.40. The summed E-state index contributed by atoms with van der Waals surface area (Å²) in [6.45, 7) is 5.20. The number of hydrogen-bond donors (Lipinski definition) is 1. The van der Waals surface area contributed by atoms with Crippen LogP contribution in [-0.2, 0) is 6.54 Å². The lowest BCUT2D eigenvalue weighted by molar-refractivity contribution is 0.365. The Labute approximate surface area is 130 Å². The van der Waals surface area contributed by atoms with Crippen LogP contribution in [0.1, 0.15) is 25.5 Å². The number of hydrogen-bond acceptors (Lipinski definition) is 3. The Morgan fingerprint density at radius 2 is 1.91 bits per heavy atom. The van der Waals surface area contributed by atoms with Gasteiger partial charge in [-0.1, -0.05) is 12.1 Å². The van der Waals surface area contributed by atoms with E-state index in [0.717, 1.165) is 12.2 Å². The summed E-state index contributed by atoms with van der Waals surface area (Å²) in [4.78, 5) is 4.07. The van der Waals surface area contributed by atoms with E-state index in [9.17, 15) is 0 Å². The summed E-state index contributed by atoms with van der Waals surface area (Å²) in [6, 6.07) is 11.1. The van der Waals surface area contributed by atoms with Gasteiger partial charge in [-0.3, -0.25) is 4.68 Å². The van der Waals surface area contributed by atoms with Gasteiger partial charge in [0.05, 0.1) is 12.4 Å². The van der Waals surface area contributed by atoms with Crippen molar-refractivity contribution in [3.05, 3.63) is 67.0 Å². The number of nitrogens with zero attached hydrogens (tertiary/aromatic N) is 4. The number of rotatable bonds is 6. The molecular formula is C17H21N5. The van der Waals surface area contributed by atoms with Crippen molar-refractivity contribution in [1.29, 1.82) is 0 Å². The molecule has 2 heterocycles. The molecule has 0 aliphatic rings. The lowest BCUT2D eigenvalue weighted by Crippen LogP contribution is -2.33. The Kier molecular flexibility index (Phi) is 4.34. The average Bonchev–Trinajstić information content (AvgIpc) is 3.25. The number of aromatic nitrogens is 4. The van der Waals surface area contributed by atoms with Crippen molar-refractivity contribution in [3.63, 3.8) is 0 Å². The maximum atomic E-state index is 4.30. The lowest BCUT2D eigenvalue weighted by Gasteiger charge is -2.22. The summed E-state index contributed by atoms with van der Waals surface area (Å²) in [5.74, 6) is 0. The summed E-state index contributed by atoms with van der Waals surface area (Å²) in [7, 11) is 0. The molecule has 114 valence electrons. The molecule has 0 unspecified atom stereocenters. The van der Waals surface area contributed by atoms with Gasteiger partial charge in [-0.2, -0.15) is 5.10 Å². The van der Waals surface area contributed by atoms with Gasteiger partial charge in [0.2, 0.25) is 0 Å². The van der Waals surface area contributed by atoms with Gasteiger partial charge in [0.1, 0.15) is 0 Å². The predicted molar refractivity (Wildman–Crippen MR) is 86.8 cm³/mol. The molecule has 0 bridgehead atoms. The third-order valence-corrected chi connectivity index (χ3v) is 4.03. The summed E-state index contributed by atoms with van der Waals surface area (Å²) in [5, 5.41) is 7.86. The zero-order valence-electron chi connectivity index (χ0n) is 12.9. The molecule has 3 rings (SSSR count). The van der Waals surface area contributed by atoms with Crippen LogP contribution < -0.4 is 5.32 Å². The van der Waals surface area contributed by atoms with Crippen LogP contribution in [0.15, 0.2) is 61.4 Å². The summed E-state index contributed by atoms with van der Waals surface area (Å²) in [5.41, 5.74) is 2.39. The van der Waals surface area contributed by atoms with Crippen molar-refractivity contribution in [2.75, 3.05) is 0 Å². The normalized spacial score (nSPS) is 13.9. The molecule has 5 nitrogen and oxygen atoms in total. The van der Waals surface area contributed by atoms with Crippen LogP contribution in [0.2, 0.25) is 0 Å². The van der Waals surface area contributed by atoms with Crippen LogP contribution in [-0.4, -0.2) is 25.4 Å². The maximum Gasteiger partial charge on any atom is 0.0991 e. The van der Waals surface area contributed by atoms with E-state index in [1.807, 2.05) is 33.9 Å². The van der Waals surface area contributed by atoms with Gasteiger partial charge in [0.25, 0.3) is 0 Å². The minimum Gasteiger partial charge on any atom is -0.308 e. The van der Waals surface area contributed by atoms with Crippen LogP contribution in [0.4, 0.5) is 0 Å². The van der Waals surface area contributed by atoms with Gasteiger partial charge < -0.3 is 9.88 Å². The second-order valence-corrected chi connectivity index (χ2v) is 5.53. The predicted octanol–water partition coefficient (Wildman–Crippen LogP) is 2.81. The highest BCUT2D eigenvalue weighted by Gasteiger charge is 2.13. The largest absolute Gasteiger partial charge is 0.308 e. The Bertz CT molecular complexity index is 670. The molecule has 1 aromatic carbocycles. The fraction of sp³-hybridized carbons (Fsp3) is 0.294. The van der Waals surface area contributed by atoms with Gasteiger partial charge >= 0.3 is 0 Å². The minimum absolute atomic E-state index is 0.320. The van der Waals surface area contributed by atoms with E-state index in [-0.39, 0.29) is 0 Å². The van der Waals surface area contributed by atoms with Gasteiger partial charge in [-0.05, 0) is 37.6 Å². The first-order valence-corrected chi connectivity index (χ1v) is 7.54. The highest BCUT2D eigenvalue weighted by Crippen LogP contribution is 2.12.